The molecule has 1 heterocycles. The van der Waals surface area contributed by atoms with Crippen molar-refractivity contribution in [3.8, 4) is 5.75 Å². The van der Waals surface area contributed by atoms with Gasteiger partial charge in [-0.3, -0.25) is 4.79 Å². The second kappa shape index (κ2) is 9.92. The molecular formula is C20H20N2O2S3. The molecule has 2 aromatic carbocycles. The number of rotatable bonds is 9. The molecule has 0 saturated carbocycles. The Labute approximate surface area is 171 Å². The minimum atomic E-state index is 0.116. The average molecular weight is 417 g/mol. The number of ether oxygens (including phenoxy) is 1. The fraction of sp³-hybridized carbons (Fsp3) is 0.250. The molecule has 0 saturated heterocycles. The van der Waals surface area contributed by atoms with Crippen LogP contribution in [0, 0.1) is 0 Å². The first-order valence-corrected chi connectivity index (χ1v) is 11.3. The molecule has 0 spiro atoms. The van der Waals surface area contributed by atoms with E-state index in [1.54, 1.807) is 18.9 Å². The Morgan fingerprint density at radius 1 is 0.963 bits per heavy atom. The van der Waals surface area contributed by atoms with Crippen LogP contribution < -0.4 is 4.74 Å². The lowest BCUT2D eigenvalue weighted by atomic mass is 10.1. The number of nitrogens with zero attached hydrogens (tertiary/aromatic N) is 2. The van der Waals surface area contributed by atoms with Gasteiger partial charge in [0, 0.05) is 11.3 Å². The fourth-order valence-corrected chi connectivity index (χ4v) is 5.19. The van der Waals surface area contributed by atoms with Crippen LogP contribution in [0.3, 0.4) is 0 Å². The van der Waals surface area contributed by atoms with Crippen LogP contribution in [0.25, 0.3) is 0 Å². The van der Waals surface area contributed by atoms with Crippen molar-refractivity contribution in [3.63, 3.8) is 0 Å². The zero-order chi connectivity index (χ0) is 19.1. The molecule has 3 aromatic rings. The molecule has 0 unspecified atom stereocenters. The van der Waals surface area contributed by atoms with E-state index in [1.807, 2.05) is 48.5 Å². The van der Waals surface area contributed by atoms with E-state index in [1.165, 1.54) is 34.2 Å². The van der Waals surface area contributed by atoms with Gasteiger partial charge in [-0.15, -0.1) is 10.2 Å². The van der Waals surface area contributed by atoms with E-state index in [-0.39, 0.29) is 5.78 Å². The molecule has 0 aliphatic rings. The maximum Gasteiger partial charge on any atom is 0.175 e. The van der Waals surface area contributed by atoms with Gasteiger partial charge >= 0.3 is 0 Å². The summed E-state index contributed by atoms with van der Waals surface area (Å²) in [7, 11) is 1.66. The van der Waals surface area contributed by atoms with Gasteiger partial charge in [-0.05, 0) is 29.7 Å². The summed E-state index contributed by atoms with van der Waals surface area (Å²) in [5.41, 5.74) is 3.19. The van der Waals surface area contributed by atoms with Crippen molar-refractivity contribution < 1.29 is 9.53 Å². The largest absolute Gasteiger partial charge is 0.497 e. The van der Waals surface area contributed by atoms with Crippen LogP contribution in [0.5, 0.6) is 5.75 Å². The molecule has 0 aliphatic heterocycles. The Morgan fingerprint density at radius 2 is 1.59 bits per heavy atom. The van der Waals surface area contributed by atoms with Gasteiger partial charge in [0.25, 0.3) is 0 Å². The minimum Gasteiger partial charge on any atom is -0.497 e. The number of ketones is 1. The van der Waals surface area contributed by atoms with Crippen molar-refractivity contribution in [3.05, 3.63) is 65.2 Å². The van der Waals surface area contributed by atoms with Crippen LogP contribution in [-0.4, -0.2) is 28.8 Å². The van der Waals surface area contributed by atoms with Gasteiger partial charge in [-0.25, -0.2) is 0 Å². The maximum atomic E-state index is 12.3. The van der Waals surface area contributed by atoms with Crippen LogP contribution in [0.2, 0.25) is 0 Å². The number of Topliss-reactive ketones (excluding diaryl/α,β-unsaturated/α-hetero) is 1. The number of benzene rings is 2. The SMILES string of the molecule is CCc1ccc(C(=O)CSc2nnc(SCc3ccc(OC)cc3)s2)cc1. The molecule has 1 aromatic heterocycles. The normalized spacial score (nSPS) is 10.7. The number of hydrogen-bond acceptors (Lipinski definition) is 7. The molecule has 0 N–H and O–H groups in total. The summed E-state index contributed by atoms with van der Waals surface area (Å²) in [6.45, 7) is 2.10. The summed E-state index contributed by atoms with van der Waals surface area (Å²) < 4.78 is 6.90. The molecule has 27 heavy (non-hydrogen) atoms. The fourth-order valence-electron chi connectivity index (χ4n) is 2.32. The summed E-state index contributed by atoms with van der Waals surface area (Å²) in [4.78, 5) is 12.3. The number of aromatic nitrogens is 2. The lowest BCUT2D eigenvalue weighted by Crippen LogP contribution is -2.02. The van der Waals surface area contributed by atoms with Gasteiger partial charge in [0.15, 0.2) is 14.5 Å². The number of hydrogen-bond donors (Lipinski definition) is 0. The van der Waals surface area contributed by atoms with Crippen molar-refractivity contribution in [2.45, 2.75) is 27.8 Å². The Hall–Kier alpha value is -1.83. The number of thioether (sulfide) groups is 2. The summed E-state index contributed by atoms with van der Waals surface area (Å²) in [5, 5.41) is 8.40. The Bertz CT molecular complexity index is 877. The molecule has 0 fully saturated rings. The third kappa shape index (κ3) is 5.82. The van der Waals surface area contributed by atoms with E-state index in [0.29, 0.717) is 5.75 Å². The topological polar surface area (TPSA) is 52.1 Å². The van der Waals surface area contributed by atoms with Crippen LogP contribution in [0.15, 0.2) is 57.2 Å². The molecule has 3 rings (SSSR count). The minimum absolute atomic E-state index is 0.116. The molecule has 0 aliphatic carbocycles. The highest BCUT2D eigenvalue weighted by Crippen LogP contribution is 2.31. The first-order valence-electron chi connectivity index (χ1n) is 8.52. The van der Waals surface area contributed by atoms with Gasteiger partial charge in [-0.1, -0.05) is 78.2 Å². The lowest BCUT2D eigenvalue weighted by Gasteiger charge is -2.01. The molecule has 140 valence electrons. The van der Waals surface area contributed by atoms with Gasteiger partial charge < -0.3 is 4.74 Å². The molecular weight excluding hydrogens is 396 g/mol. The third-order valence-electron chi connectivity index (χ3n) is 3.92. The molecule has 0 radical (unpaired) electrons. The number of carbonyl (C=O) groups excluding carboxylic acids is 1. The molecule has 0 atom stereocenters. The van der Waals surface area contributed by atoms with Crippen molar-refractivity contribution in [2.75, 3.05) is 12.9 Å². The maximum absolute atomic E-state index is 12.3. The van der Waals surface area contributed by atoms with Crippen molar-refractivity contribution in [1.29, 1.82) is 0 Å². The zero-order valence-corrected chi connectivity index (χ0v) is 17.6. The van der Waals surface area contributed by atoms with E-state index in [0.717, 1.165) is 32.2 Å². The van der Waals surface area contributed by atoms with Crippen LogP contribution in [0.1, 0.15) is 28.4 Å². The quantitative estimate of drug-likeness (QED) is 0.345. The van der Waals surface area contributed by atoms with E-state index in [9.17, 15) is 4.79 Å². The monoisotopic (exact) mass is 416 g/mol. The highest BCUT2D eigenvalue weighted by Gasteiger charge is 2.11. The van der Waals surface area contributed by atoms with Crippen LogP contribution in [0.4, 0.5) is 0 Å². The highest BCUT2D eigenvalue weighted by molar-refractivity contribution is 8.03. The van der Waals surface area contributed by atoms with Gasteiger partial charge in [0.05, 0.1) is 12.9 Å². The van der Waals surface area contributed by atoms with Gasteiger partial charge in [0.1, 0.15) is 5.75 Å². The standard InChI is InChI=1S/C20H20N2O2S3/c1-3-14-4-8-16(9-5-14)18(23)13-26-20-22-21-19(27-20)25-12-15-6-10-17(24-2)11-7-15/h4-11H,3,12-13H2,1-2H3. The van der Waals surface area contributed by atoms with E-state index in [2.05, 4.69) is 17.1 Å². The number of aryl methyl sites for hydroxylation is 1. The van der Waals surface area contributed by atoms with Crippen molar-refractivity contribution in [2.24, 2.45) is 0 Å². The third-order valence-corrected chi connectivity index (χ3v) is 7.18. The van der Waals surface area contributed by atoms with Crippen LogP contribution >= 0.6 is 34.9 Å². The second-order valence-corrected chi connectivity index (χ2v) is 9.16. The molecule has 0 bridgehead atoms. The predicted octanol–water partition coefficient (Wildman–Crippen LogP) is 5.38. The highest BCUT2D eigenvalue weighted by atomic mass is 32.2. The summed E-state index contributed by atoms with van der Waals surface area (Å²) in [5.74, 6) is 2.17. The van der Waals surface area contributed by atoms with E-state index >= 15 is 0 Å². The summed E-state index contributed by atoms with van der Waals surface area (Å²) in [6, 6.07) is 15.8. The first-order chi connectivity index (χ1) is 13.2. The van der Waals surface area contributed by atoms with Gasteiger partial charge in [0.2, 0.25) is 0 Å². The predicted molar refractivity (Wildman–Crippen MR) is 113 cm³/mol. The molecule has 0 amide bonds. The van der Waals surface area contributed by atoms with E-state index in [4.69, 9.17) is 4.74 Å². The Kier molecular flexibility index (Phi) is 7.32. The number of carbonyl (C=O) groups is 1. The Morgan fingerprint density at radius 3 is 2.22 bits per heavy atom. The Balaban J connectivity index is 1.48. The summed E-state index contributed by atoms with van der Waals surface area (Å²) >= 11 is 4.62. The summed E-state index contributed by atoms with van der Waals surface area (Å²) in [6.07, 6.45) is 0.977. The molecule has 4 nitrogen and oxygen atoms in total. The van der Waals surface area contributed by atoms with Gasteiger partial charge in [-0.2, -0.15) is 0 Å². The van der Waals surface area contributed by atoms with Crippen LogP contribution in [-0.2, 0) is 12.2 Å². The molecule has 7 heteroatoms. The van der Waals surface area contributed by atoms with E-state index < -0.39 is 0 Å². The first kappa shape index (κ1) is 19.9. The second-order valence-electron chi connectivity index (χ2n) is 5.73. The zero-order valence-electron chi connectivity index (χ0n) is 15.2. The lowest BCUT2D eigenvalue weighted by molar-refractivity contribution is 0.102. The number of methoxy groups -OCH3 is 1. The smallest absolute Gasteiger partial charge is 0.175 e. The van der Waals surface area contributed by atoms with Crippen molar-refractivity contribution >= 4 is 40.6 Å². The van der Waals surface area contributed by atoms with Crippen molar-refractivity contribution in [1.82, 2.24) is 10.2 Å². The average Bonchev–Trinajstić information content (AvgIpc) is 3.19.